The standard InChI is InChI=1S/C24H29Cl2N3O4S/c1-17(24(31)27-20-10-4-5-11-20)28(15-18-8-3-6-13-22(18)26)23(30)16-29(34(2,32)33)21-12-7-9-19(25)14-21/h3,6-9,12-14,17,20H,4-5,10-11,15-16H2,1-2H3,(H,27,31). The van der Waals surface area contributed by atoms with Gasteiger partial charge < -0.3 is 10.2 Å². The van der Waals surface area contributed by atoms with Crippen molar-refractivity contribution in [3.8, 4) is 0 Å². The molecule has 0 aliphatic heterocycles. The molecule has 0 heterocycles. The first-order valence-corrected chi connectivity index (χ1v) is 13.7. The molecule has 1 fully saturated rings. The van der Waals surface area contributed by atoms with Gasteiger partial charge in [-0.3, -0.25) is 13.9 Å². The fourth-order valence-electron chi connectivity index (χ4n) is 4.03. The molecule has 0 saturated heterocycles. The number of nitrogens with one attached hydrogen (secondary N) is 1. The first-order valence-electron chi connectivity index (χ1n) is 11.1. The van der Waals surface area contributed by atoms with E-state index in [0.29, 0.717) is 15.6 Å². The Balaban J connectivity index is 1.89. The van der Waals surface area contributed by atoms with E-state index < -0.39 is 28.5 Å². The number of halogens is 2. The van der Waals surface area contributed by atoms with E-state index in [1.807, 2.05) is 0 Å². The minimum absolute atomic E-state index is 0.0604. The smallest absolute Gasteiger partial charge is 0.244 e. The minimum atomic E-state index is -3.81. The van der Waals surface area contributed by atoms with Crippen LogP contribution in [0.3, 0.4) is 0 Å². The number of benzene rings is 2. The van der Waals surface area contributed by atoms with E-state index >= 15 is 0 Å². The molecule has 0 radical (unpaired) electrons. The number of sulfonamides is 1. The summed E-state index contributed by atoms with van der Waals surface area (Å²) >= 11 is 12.4. The second kappa shape index (κ2) is 11.4. The fraction of sp³-hybridized carbons (Fsp3) is 0.417. The first-order chi connectivity index (χ1) is 16.1. The van der Waals surface area contributed by atoms with Crippen LogP contribution in [0.25, 0.3) is 0 Å². The fourth-order valence-corrected chi connectivity index (χ4v) is 5.25. The lowest BCUT2D eigenvalue weighted by Crippen LogP contribution is -2.52. The number of anilines is 1. The van der Waals surface area contributed by atoms with Crippen molar-refractivity contribution in [3.05, 3.63) is 64.1 Å². The molecule has 1 saturated carbocycles. The van der Waals surface area contributed by atoms with Crippen LogP contribution >= 0.6 is 23.2 Å². The van der Waals surface area contributed by atoms with Crippen LogP contribution in [0.15, 0.2) is 48.5 Å². The number of hydrogen-bond acceptors (Lipinski definition) is 4. The van der Waals surface area contributed by atoms with Gasteiger partial charge in [-0.15, -0.1) is 0 Å². The highest BCUT2D eigenvalue weighted by Crippen LogP contribution is 2.24. The Bertz CT molecular complexity index is 1140. The van der Waals surface area contributed by atoms with Gasteiger partial charge >= 0.3 is 0 Å². The predicted octanol–water partition coefficient (Wildman–Crippen LogP) is 4.24. The van der Waals surface area contributed by atoms with E-state index in [4.69, 9.17) is 23.2 Å². The Hall–Kier alpha value is -2.29. The van der Waals surface area contributed by atoms with Gasteiger partial charge in [0.05, 0.1) is 11.9 Å². The second-order valence-electron chi connectivity index (χ2n) is 8.53. The lowest BCUT2D eigenvalue weighted by Gasteiger charge is -2.32. The molecule has 2 aromatic carbocycles. The highest BCUT2D eigenvalue weighted by Gasteiger charge is 2.31. The maximum absolute atomic E-state index is 13.5. The van der Waals surface area contributed by atoms with Gasteiger partial charge in [-0.1, -0.05) is 60.3 Å². The highest BCUT2D eigenvalue weighted by atomic mass is 35.5. The summed E-state index contributed by atoms with van der Waals surface area (Å²) in [5, 5.41) is 3.82. The molecule has 3 rings (SSSR count). The summed E-state index contributed by atoms with van der Waals surface area (Å²) in [4.78, 5) is 27.9. The maximum Gasteiger partial charge on any atom is 0.244 e. The minimum Gasteiger partial charge on any atom is -0.352 e. The Morgan fingerprint density at radius 2 is 1.76 bits per heavy atom. The highest BCUT2D eigenvalue weighted by molar-refractivity contribution is 7.92. The molecule has 0 spiro atoms. The molecule has 2 aromatic rings. The van der Waals surface area contributed by atoms with Crippen molar-refractivity contribution in [2.24, 2.45) is 0 Å². The van der Waals surface area contributed by atoms with Gasteiger partial charge in [-0.05, 0) is 49.6 Å². The molecule has 7 nitrogen and oxygen atoms in total. The van der Waals surface area contributed by atoms with Gasteiger partial charge in [0.1, 0.15) is 12.6 Å². The second-order valence-corrected chi connectivity index (χ2v) is 11.3. The number of carbonyl (C=O) groups excluding carboxylic acids is 2. The Morgan fingerprint density at radius 3 is 2.38 bits per heavy atom. The Morgan fingerprint density at radius 1 is 1.09 bits per heavy atom. The number of carbonyl (C=O) groups is 2. The molecule has 1 atom stereocenters. The zero-order chi connectivity index (χ0) is 24.9. The van der Waals surface area contributed by atoms with Gasteiger partial charge in [0.25, 0.3) is 0 Å². The van der Waals surface area contributed by atoms with E-state index in [1.54, 1.807) is 49.4 Å². The molecule has 0 aromatic heterocycles. The third kappa shape index (κ3) is 6.87. The molecule has 1 N–H and O–H groups in total. The van der Waals surface area contributed by atoms with E-state index in [0.717, 1.165) is 36.2 Å². The zero-order valence-electron chi connectivity index (χ0n) is 19.2. The van der Waals surface area contributed by atoms with Crippen molar-refractivity contribution in [1.29, 1.82) is 0 Å². The Labute approximate surface area is 211 Å². The van der Waals surface area contributed by atoms with Crippen LogP contribution in [0.1, 0.15) is 38.2 Å². The summed E-state index contributed by atoms with van der Waals surface area (Å²) in [5.41, 5.74) is 0.927. The third-order valence-corrected chi connectivity index (χ3v) is 7.69. The molecule has 1 unspecified atom stereocenters. The molecule has 0 bridgehead atoms. The third-order valence-electron chi connectivity index (χ3n) is 5.94. The molecule has 184 valence electrons. The van der Waals surface area contributed by atoms with Crippen molar-refractivity contribution in [3.63, 3.8) is 0 Å². The van der Waals surface area contributed by atoms with Crippen LogP contribution in [0.5, 0.6) is 0 Å². The largest absolute Gasteiger partial charge is 0.352 e. The molecule has 1 aliphatic carbocycles. The van der Waals surface area contributed by atoms with E-state index in [2.05, 4.69) is 5.32 Å². The molecular weight excluding hydrogens is 497 g/mol. The number of rotatable bonds is 9. The average molecular weight is 526 g/mol. The van der Waals surface area contributed by atoms with Crippen LogP contribution in [0.2, 0.25) is 10.0 Å². The lowest BCUT2D eigenvalue weighted by atomic mass is 10.1. The summed E-state index contributed by atoms with van der Waals surface area (Å²) in [6.07, 6.45) is 4.96. The topological polar surface area (TPSA) is 86.8 Å². The van der Waals surface area contributed by atoms with Gasteiger partial charge in [-0.2, -0.15) is 0 Å². The van der Waals surface area contributed by atoms with Crippen molar-refractivity contribution < 1.29 is 18.0 Å². The van der Waals surface area contributed by atoms with Crippen molar-refractivity contribution in [1.82, 2.24) is 10.2 Å². The quantitative estimate of drug-likeness (QED) is 0.530. The Kier molecular flexibility index (Phi) is 8.84. The summed E-state index contributed by atoms with van der Waals surface area (Å²) in [5.74, 6) is -0.805. The average Bonchev–Trinajstić information content (AvgIpc) is 3.28. The maximum atomic E-state index is 13.5. The summed E-state index contributed by atoms with van der Waals surface area (Å²) in [7, 11) is -3.81. The van der Waals surface area contributed by atoms with Gasteiger partial charge in [0.15, 0.2) is 0 Å². The summed E-state index contributed by atoms with van der Waals surface area (Å²) in [6, 6.07) is 12.6. The van der Waals surface area contributed by atoms with Crippen LogP contribution in [-0.2, 0) is 26.2 Å². The normalized spacial score (nSPS) is 15.1. The van der Waals surface area contributed by atoms with Crippen LogP contribution in [0.4, 0.5) is 5.69 Å². The summed E-state index contributed by atoms with van der Waals surface area (Å²) in [6.45, 7) is 1.22. The van der Waals surface area contributed by atoms with Crippen molar-refractivity contribution in [2.75, 3.05) is 17.1 Å². The van der Waals surface area contributed by atoms with E-state index in [9.17, 15) is 18.0 Å². The van der Waals surface area contributed by atoms with Crippen molar-refractivity contribution >= 4 is 50.7 Å². The van der Waals surface area contributed by atoms with E-state index in [1.165, 1.54) is 11.0 Å². The lowest BCUT2D eigenvalue weighted by molar-refractivity contribution is -0.139. The first kappa shape index (κ1) is 26.3. The predicted molar refractivity (Wildman–Crippen MR) is 136 cm³/mol. The number of hydrogen-bond donors (Lipinski definition) is 1. The molecule has 2 amide bonds. The number of amides is 2. The van der Waals surface area contributed by atoms with Crippen LogP contribution in [-0.4, -0.2) is 50.0 Å². The molecular formula is C24H29Cl2N3O4S. The molecule has 1 aliphatic rings. The molecule has 10 heteroatoms. The zero-order valence-corrected chi connectivity index (χ0v) is 21.5. The van der Waals surface area contributed by atoms with E-state index in [-0.39, 0.29) is 24.2 Å². The SMILES string of the molecule is CC(C(=O)NC1CCCC1)N(Cc1ccccc1Cl)C(=O)CN(c1cccc(Cl)c1)S(C)(=O)=O. The van der Waals surface area contributed by atoms with Crippen molar-refractivity contribution in [2.45, 2.75) is 51.2 Å². The van der Waals surface area contributed by atoms with Gasteiger partial charge in [0, 0.05) is 22.6 Å². The molecule has 34 heavy (non-hydrogen) atoms. The summed E-state index contributed by atoms with van der Waals surface area (Å²) < 4.78 is 26.1. The number of nitrogens with zero attached hydrogens (tertiary/aromatic N) is 2. The monoisotopic (exact) mass is 525 g/mol. The van der Waals surface area contributed by atoms with Crippen LogP contribution in [0, 0.1) is 0 Å². The van der Waals surface area contributed by atoms with Crippen LogP contribution < -0.4 is 9.62 Å². The van der Waals surface area contributed by atoms with Gasteiger partial charge in [0.2, 0.25) is 21.8 Å². The van der Waals surface area contributed by atoms with Gasteiger partial charge in [-0.25, -0.2) is 8.42 Å².